The number of nitrogens with zero attached hydrogens (tertiary/aromatic N) is 2. The van der Waals surface area contributed by atoms with Crippen LogP contribution < -0.4 is 5.32 Å². The van der Waals surface area contributed by atoms with Crippen LogP contribution in [-0.4, -0.2) is 29.5 Å². The third kappa shape index (κ3) is 2.38. The highest BCUT2D eigenvalue weighted by Gasteiger charge is 2.14. The van der Waals surface area contributed by atoms with Gasteiger partial charge in [0, 0.05) is 19.3 Å². The fraction of sp³-hybridized carbons (Fsp3) is 0.750. The molecule has 1 fully saturated rings. The largest absolute Gasteiger partial charge is 0.381 e. The molecule has 0 atom stereocenters. The SMILES string of the molecule is Cc1nnc(NC2CCOCC2)s1. The molecule has 1 N–H and O–H groups in total. The molecule has 4 nitrogen and oxygen atoms in total. The highest BCUT2D eigenvalue weighted by molar-refractivity contribution is 7.15. The average molecular weight is 199 g/mol. The number of anilines is 1. The van der Waals surface area contributed by atoms with Crippen molar-refractivity contribution in [2.45, 2.75) is 25.8 Å². The molecule has 2 rings (SSSR count). The lowest BCUT2D eigenvalue weighted by molar-refractivity contribution is 0.0904. The molecule has 1 aromatic heterocycles. The molecule has 0 bridgehead atoms. The first-order valence-corrected chi connectivity index (χ1v) is 5.30. The second-order valence-corrected chi connectivity index (χ2v) is 4.34. The second kappa shape index (κ2) is 4.02. The molecule has 1 aliphatic heterocycles. The molecule has 0 aliphatic carbocycles. The third-order valence-electron chi connectivity index (χ3n) is 2.07. The van der Waals surface area contributed by atoms with Gasteiger partial charge in [0.25, 0.3) is 0 Å². The molecule has 0 spiro atoms. The third-order valence-corrected chi connectivity index (χ3v) is 2.84. The van der Waals surface area contributed by atoms with Gasteiger partial charge in [0.15, 0.2) is 0 Å². The van der Waals surface area contributed by atoms with E-state index in [2.05, 4.69) is 15.5 Å². The second-order valence-electron chi connectivity index (χ2n) is 3.16. The van der Waals surface area contributed by atoms with Crippen LogP contribution in [0.1, 0.15) is 17.8 Å². The normalized spacial score (nSPS) is 18.8. The first-order valence-electron chi connectivity index (χ1n) is 4.49. The predicted molar refractivity (Wildman–Crippen MR) is 52.1 cm³/mol. The minimum absolute atomic E-state index is 0.515. The van der Waals surface area contributed by atoms with Crippen LogP contribution in [0.3, 0.4) is 0 Å². The zero-order valence-electron chi connectivity index (χ0n) is 7.62. The molecule has 0 unspecified atom stereocenters. The standard InChI is InChI=1S/C8H13N3OS/c1-6-10-11-8(13-6)9-7-2-4-12-5-3-7/h7H,2-5H2,1H3,(H,9,11). The molecule has 1 aliphatic rings. The first-order chi connectivity index (χ1) is 6.34. The van der Waals surface area contributed by atoms with Crippen LogP contribution in [0, 0.1) is 6.92 Å². The van der Waals surface area contributed by atoms with Gasteiger partial charge in [-0.15, -0.1) is 10.2 Å². The Bertz CT molecular complexity index is 270. The summed E-state index contributed by atoms with van der Waals surface area (Å²) in [6.45, 7) is 3.68. The van der Waals surface area contributed by atoms with Gasteiger partial charge in [0.1, 0.15) is 5.01 Å². The average Bonchev–Trinajstić information content (AvgIpc) is 2.53. The van der Waals surface area contributed by atoms with Crippen LogP contribution in [0.2, 0.25) is 0 Å². The molecule has 1 saturated heterocycles. The summed E-state index contributed by atoms with van der Waals surface area (Å²) >= 11 is 1.61. The van der Waals surface area contributed by atoms with Crippen LogP contribution in [0.15, 0.2) is 0 Å². The van der Waals surface area contributed by atoms with Crippen LogP contribution >= 0.6 is 11.3 Å². The Labute approximate surface area is 81.3 Å². The van der Waals surface area contributed by atoms with Crippen LogP contribution in [0.5, 0.6) is 0 Å². The molecule has 0 amide bonds. The Hall–Kier alpha value is -0.680. The zero-order chi connectivity index (χ0) is 9.10. The summed E-state index contributed by atoms with van der Waals surface area (Å²) in [6, 6.07) is 0.515. The van der Waals surface area contributed by atoms with Crippen molar-refractivity contribution in [1.29, 1.82) is 0 Å². The topological polar surface area (TPSA) is 47.0 Å². The van der Waals surface area contributed by atoms with E-state index in [0.29, 0.717) is 6.04 Å². The van der Waals surface area contributed by atoms with Gasteiger partial charge in [-0.1, -0.05) is 11.3 Å². The summed E-state index contributed by atoms with van der Waals surface area (Å²) < 4.78 is 5.27. The molecule has 0 radical (unpaired) electrons. The molecule has 5 heteroatoms. The lowest BCUT2D eigenvalue weighted by atomic mass is 10.1. The minimum Gasteiger partial charge on any atom is -0.381 e. The molecule has 72 valence electrons. The van der Waals surface area contributed by atoms with Crippen LogP contribution in [-0.2, 0) is 4.74 Å². The first kappa shape index (κ1) is 8.90. The van der Waals surface area contributed by atoms with Crippen molar-refractivity contribution in [3.8, 4) is 0 Å². The number of aryl methyl sites for hydroxylation is 1. The fourth-order valence-electron chi connectivity index (χ4n) is 1.37. The molecular weight excluding hydrogens is 186 g/mol. The van der Waals surface area contributed by atoms with E-state index < -0.39 is 0 Å². The number of hydrogen-bond acceptors (Lipinski definition) is 5. The van der Waals surface area contributed by atoms with Crippen molar-refractivity contribution in [3.05, 3.63) is 5.01 Å². The fourth-order valence-corrected chi connectivity index (χ4v) is 2.04. The van der Waals surface area contributed by atoms with Crippen LogP contribution in [0.25, 0.3) is 0 Å². The minimum atomic E-state index is 0.515. The summed E-state index contributed by atoms with van der Waals surface area (Å²) in [7, 11) is 0. The summed E-state index contributed by atoms with van der Waals surface area (Å²) in [6.07, 6.45) is 2.14. The number of hydrogen-bond donors (Lipinski definition) is 1. The van der Waals surface area contributed by atoms with Gasteiger partial charge >= 0.3 is 0 Å². The summed E-state index contributed by atoms with van der Waals surface area (Å²) in [5.74, 6) is 0. The van der Waals surface area contributed by atoms with E-state index in [0.717, 1.165) is 36.2 Å². The maximum atomic E-state index is 5.27. The maximum Gasteiger partial charge on any atom is 0.205 e. The summed E-state index contributed by atoms with van der Waals surface area (Å²) in [5, 5.41) is 13.3. The van der Waals surface area contributed by atoms with Gasteiger partial charge in [0.2, 0.25) is 5.13 Å². The molecular formula is C8H13N3OS. The van der Waals surface area contributed by atoms with Gasteiger partial charge < -0.3 is 10.1 Å². The zero-order valence-corrected chi connectivity index (χ0v) is 8.43. The van der Waals surface area contributed by atoms with Crippen molar-refractivity contribution in [1.82, 2.24) is 10.2 Å². The van der Waals surface area contributed by atoms with Crippen molar-refractivity contribution in [2.75, 3.05) is 18.5 Å². The van der Waals surface area contributed by atoms with E-state index in [1.165, 1.54) is 0 Å². The van der Waals surface area contributed by atoms with Crippen LogP contribution in [0.4, 0.5) is 5.13 Å². The smallest absolute Gasteiger partial charge is 0.205 e. The Kier molecular flexibility index (Phi) is 2.75. The van der Waals surface area contributed by atoms with Crippen molar-refractivity contribution >= 4 is 16.5 Å². The van der Waals surface area contributed by atoms with E-state index in [-0.39, 0.29) is 0 Å². The van der Waals surface area contributed by atoms with E-state index in [9.17, 15) is 0 Å². The molecule has 0 aromatic carbocycles. The number of ether oxygens (including phenoxy) is 1. The lowest BCUT2D eigenvalue weighted by Gasteiger charge is -2.22. The maximum absolute atomic E-state index is 5.27. The van der Waals surface area contributed by atoms with Crippen molar-refractivity contribution in [2.24, 2.45) is 0 Å². The van der Waals surface area contributed by atoms with E-state index in [4.69, 9.17) is 4.74 Å². The van der Waals surface area contributed by atoms with Gasteiger partial charge in [0.05, 0.1) is 0 Å². The van der Waals surface area contributed by atoms with Crippen molar-refractivity contribution in [3.63, 3.8) is 0 Å². The van der Waals surface area contributed by atoms with Gasteiger partial charge in [-0.2, -0.15) is 0 Å². The molecule has 13 heavy (non-hydrogen) atoms. The Morgan fingerprint density at radius 3 is 2.77 bits per heavy atom. The molecule has 1 aromatic rings. The van der Waals surface area contributed by atoms with Crippen molar-refractivity contribution < 1.29 is 4.74 Å². The lowest BCUT2D eigenvalue weighted by Crippen LogP contribution is -2.27. The number of rotatable bonds is 2. The van der Waals surface area contributed by atoms with E-state index in [1.807, 2.05) is 6.92 Å². The number of aromatic nitrogens is 2. The molecule has 0 saturated carbocycles. The summed E-state index contributed by atoms with van der Waals surface area (Å²) in [5.41, 5.74) is 0. The van der Waals surface area contributed by atoms with E-state index >= 15 is 0 Å². The Morgan fingerprint density at radius 2 is 2.15 bits per heavy atom. The summed E-state index contributed by atoms with van der Waals surface area (Å²) in [4.78, 5) is 0. The van der Waals surface area contributed by atoms with Gasteiger partial charge in [-0.3, -0.25) is 0 Å². The predicted octanol–water partition coefficient (Wildman–Crippen LogP) is 1.44. The monoisotopic (exact) mass is 199 g/mol. The van der Waals surface area contributed by atoms with E-state index in [1.54, 1.807) is 11.3 Å². The quantitative estimate of drug-likeness (QED) is 0.783. The number of nitrogens with one attached hydrogen (secondary N) is 1. The highest BCUT2D eigenvalue weighted by atomic mass is 32.1. The van der Waals surface area contributed by atoms with Gasteiger partial charge in [-0.05, 0) is 19.8 Å². The Morgan fingerprint density at radius 1 is 1.38 bits per heavy atom. The highest BCUT2D eigenvalue weighted by Crippen LogP contribution is 2.18. The molecule has 2 heterocycles. The Balaban J connectivity index is 1.89. The van der Waals surface area contributed by atoms with Gasteiger partial charge in [-0.25, -0.2) is 0 Å².